The Morgan fingerprint density at radius 2 is 1.59 bits per heavy atom. The molecule has 0 aliphatic carbocycles. The average Bonchev–Trinajstić information content (AvgIpc) is 3.37. The van der Waals surface area contributed by atoms with E-state index in [0.29, 0.717) is 38.7 Å². The van der Waals surface area contributed by atoms with Crippen molar-refractivity contribution in [1.29, 1.82) is 0 Å². The normalized spacial score (nSPS) is 14.7. The smallest absolute Gasteiger partial charge is 0.149 e. The van der Waals surface area contributed by atoms with Crippen molar-refractivity contribution in [2.45, 2.75) is 26.3 Å². The molecule has 0 bridgehead atoms. The van der Waals surface area contributed by atoms with Crippen molar-refractivity contribution in [1.82, 2.24) is 14.9 Å². The van der Waals surface area contributed by atoms with Gasteiger partial charge in [-0.25, -0.2) is 4.98 Å². The van der Waals surface area contributed by atoms with Gasteiger partial charge in [0.2, 0.25) is 0 Å². The minimum Gasteiger partial charge on any atom is -0.362 e. The van der Waals surface area contributed by atoms with Crippen LogP contribution in [-0.4, -0.2) is 27.5 Å². The molecule has 1 aliphatic heterocycles. The predicted molar refractivity (Wildman–Crippen MR) is 143 cm³/mol. The number of halogens is 3. The number of imidazole rings is 1. The van der Waals surface area contributed by atoms with Gasteiger partial charge in [-0.1, -0.05) is 76.8 Å². The summed E-state index contributed by atoms with van der Waals surface area (Å²) >= 11 is 20.0. The van der Waals surface area contributed by atoms with E-state index >= 15 is 0 Å². The Morgan fingerprint density at radius 3 is 2.24 bits per heavy atom. The molecule has 34 heavy (non-hydrogen) atoms. The summed E-state index contributed by atoms with van der Waals surface area (Å²) in [6.07, 6.45) is 1.93. The fourth-order valence-corrected chi connectivity index (χ4v) is 4.93. The third-order valence-corrected chi connectivity index (χ3v) is 6.72. The third kappa shape index (κ3) is 4.34. The van der Waals surface area contributed by atoms with E-state index in [2.05, 4.69) is 55.3 Å². The highest BCUT2D eigenvalue weighted by atomic mass is 35.5. The van der Waals surface area contributed by atoms with Crippen LogP contribution < -0.4 is 5.32 Å². The highest BCUT2D eigenvalue weighted by Gasteiger charge is 2.28. The Labute approximate surface area is 214 Å². The second kappa shape index (κ2) is 8.77. The molecule has 0 fully saturated rings. The number of aliphatic imine (C=N–C) groups is 1. The Bertz CT molecular complexity index is 1420. The van der Waals surface area contributed by atoms with Crippen molar-refractivity contribution in [3.05, 3.63) is 93.2 Å². The minimum absolute atomic E-state index is 0.131. The fraction of sp³-hybridized carbons (Fsp3) is 0.185. The lowest BCUT2D eigenvalue weighted by molar-refractivity contribution is 0.506. The van der Waals surface area contributed by atoms with E-state index in [4.69, 9.17) is 39.8 Å². The number of hydrogen-bond donors (Lipinski definition) is 1. The van der Waals surface area contributed by atoms with Gasteiger partial charge in [0.05, 0.1) is 38.4 Å². The summed E-state index contributed by atoms with van der Waals surface area (Å²) in [7, 11) is 0. The van der Waals surface area contributed by atoms with Gasteiger partial charge in [-0.15, -0.1) is 0 Å². The molecule has 0 saturated heterocycles. The van der Waals surface area contributed by atoms with Crippen LogP contribution in [0.15, 0.2) is 71.9 Å². The maximum absolute atomic E-state index is 6.85. The number of amidine groups is 1. The largest absolute Gasteiger partial charge is 0.362 e. The van der Waals surface area contributed by atoms with Crippen molar-refractivity contribution in [2.75, 3.05) is 6.54 Å². The maximum atomic E-state index is 6.85. The maximum Gasteiger partial charge on any atom is 0.149 e. The topological polar surface area (TPSA) is 42.2 Å². The number of nitrogens with zero attached hydrogens (tertiary/aromatic N) is 3. The number of aromatic nitrogens is 2. The molecule has 5 rings (SSSR count). The monoisotopic (exact) mass is 508 g/mol. The minimum atomic E-state index is -0.131. The molecule has 4 aromatic rings. The Hall–Kier alpha value is -2.79. The molecule has 2 heterocycles. The molecule has 0 spiro atoms. The molecule has 172 valence electrons. The molecule has 0 saturated carbocycles. The van der Waals surface area contributed by atoms with Crippen LogP contribution in [0, 0.1) is 6.92 Å². The molecule has 0 unspecified atom stereocenters. The highest BCUT2D eigenvalue weighted by Crippen LogP contribution is 2.37. The van der Waals surface area contributed by atoms with E-state index < -0.39 is 0 Å². The Kier molecular flexibility index (Phi) is 5.93. The standard InChI is InChI=1S/C27H23Cl3N4/c1-16-6-4-7-17(12-16)18-10-11-23(21(30)13-18)34-14-22(25-31-15-27(2,3)33-25)32-26(34)24-19(28)8-5-9-20(24)29/h4-14H,15H2,1-3H3,(H,31,33). The van der Waals surface area contributed by atoms with E-state index in [1.165, 1.54) is 5.56 Å². The van der Waals surface area contributed by atoms with Crippen molar-refractivity contribution in [3.63, 3.8) is 0 Å². The predicted octanol–water partition coefficient (Wildman–Crippen LogP) is 7.60. The van der Waals surface area contributed by atoms with Crippen molar-refractivity contribution < 1.29 is 0 Å². The highest BCUT2D eigenvalue weighted by molar-refractivity contribution is 6.39. The van der Waals surface area contributed by atoms with Gasteiger partial charge in [-0.05, 0) is 56.2 Å². The van der Waals surface area contributed by atoms with Crippen molar-refractivity contribution in [2.24, 2.45) is 4.99 Å². The van der Waals surface area contributed by atoms with Crippen LogP contribution in [0.2, 0.25) is 15.1 Å². The first-order chi connectivity index (χ1) is 16.2. The van der Waals surface area contributed by atoms with Crippen LogP contribution in [0.1, 0.15) is 25.1 Å². The zero-order chi connectivity index (χ0) is 24.0. The van der Waals surface area contributed by atoms with Gasteiger partial charge in [-0.3, -0.25) is 9.56 Å². The van der Waals surface area contributed by atoms with Crippen LogP contribution in [0.5, 0.6) is 0 Å². The SMILES string of the molecule is Cc1cccc(-c2ccc(-n3cc(C4=NCC(C)(C)N4)nc3-c3c(Cl)cccc3Cl)c(Cl)c2)c1. The summed E-state index contributed by atoms with van der Waals surface area (Å²) in [5.41, 5.74) is 5.35. The summed E-state index contributed by atoms with van der Waals surface area (Å²) < 4.78 is 1.93. The number of benzene rings is 3. The van der Waals surface area contributed by atoms with Crippen molar-refractivity contribution in [3.8, 4) is 28.2 Å². The number of hydrogen-bond acceptors (Lipinski definition) is 3. The Balaban J connectivity index is 1.66. The lowest BCUT2D eigenvalue weighted by atomic mass is 10.0. The van der Waals surface area contributed by atoms with E-state index in [1.807, 2.05) is 35.0 Å². The van der Waals surface area contributed by atoms with Gasteiger partial charge < -0.3 is 5.32 Å². The molecule has 3 aromatic carbocycles. The summed E-state index contributed by atoms with van der Waals surface area (Å²) in [6, 6.07) is 19.8. The molecule has 1 aliphatic rings. The van der Waals surface area contributed by atoms with Crippen LogP contribution in [0.25, 0.3) is 28.2 Å². The summed E-state index contributed by atoms with van der Waals surface area (Å²) in [5, 5.41) is 5.06. The quantitative estimate of drug-likeness (QED) is 0.308. The average molecular weight is 510 g/mol. The second-order valence-electron chi connectivity index (χ2n) is 9.13. The number of rotatable bonds is 4. The molecular weight excluding hydrogens is 487 g/mol. The van der Waals surface area contributed by atoms with Crippen LogP contribution in [-0.2, 0) is 0 Å². The van der Waals surface area contributed by atoms with Gasteiger partial charge >= 0.3 is 0 Å². The molecule has 0 atom stereocenters. The van der Waals surface area contributed by atoms with Crippen molar-refractivity contribution >= 4 is 40.6 Å². The lowest BCUT2D eigenvalue weighted by Crippen LogP contribution is -2.39. The van der Waals surface area contributed by atoms with Crippen LogP contribution in [0.3, 0.4) is 0 Å². The number of nitrogens with one attached hydrogen (secondary N) is 1. The zero-order valence-corrected chi connectivity index (χ0v) is 21.3. The second-order valence-corrected chi connectivity index (χ2v) is 10.3. The molecule has 7 heteroatoms. The fourth-order valence-electron chi connectivity index (χ4n) is 4.09. The molecule has 0 radical (unpaired) electrons. The van der Waals surface area contributed by atoms with E-state index in [-0.39, 0.29) is 5.54 Å². The van der Waals surface area contributed by atoms with Gasteiger partial charge in [0.15, 0.2) is 0 Å². The molecule has 1 aromatic heterocycles. The molecule has 0 amide bonds. The summed E-state index contributed by atoms with van der Waals surface area (Å²) in [6.45, 7) is 6.96. The van der Waals surface area contributed by atoms with Gasteiger partial charge in [0.1, 0.15) is 17.4 Å². The van der Waals surface area contributed by atoms with Gasteiger partial charge in [-0.2, -0.15) is 0 Å². The summed E-state index contributed by atoms with van der Waals surface area (Å²) in [5.74, 6) is 1.34. The first kappa shape index (κ1) is 23.0. The van der Waals surface area contributed by atoms with E-state index in [1.54, 1.807) is 12.1 Å². The first-order valence-electron chi connectivity index (χ1n) is 11.0. The molecule has 4 nitrogen and oxygen atoms in total. The summed E-state index contributed by atoms with van der Waals surface area (Å²) in [4.78, 5) is 9.56. The zero-order valence-electron chi connectivity index (χ0n) is 19.0. The van der Waals surface area contributed by atoms with E-state index in [0.717, 1.165) is 22.6 Å². The first-order valence-corrected chi connectivity index (χ1v) is 12.1. The number of aryl methyl sites for hydroxylation is 1. The Morgan fingerprint density at radius 1 is 0.882 bits per heavy atom. The lowest BCUT2D eigenvalue weighted by Gasteiger charge is -2.17. The van der Waals surface area contributed by atoms with Gasteiger partial charge in [0.25, 0.3) is 0 Å². The van der Waals surface area contributed by atoms with Crippen LogP contribution >= 0.6 is 34.8 Å². The molecule has 1 N–H and O–H groups in total. The van der Waals surface area contributed by atoms with Crippen LogP contribution in [0.4, 0.5) is 0 Å². The van der Waals surface area contributed by atoms with Gasteiger partial charge in [0, 0.05) is 6.20 Å². The third-order valence-electron chi connectivity index (χ3n) is 5.78. The van der Waals surface area contributed by atoms with E-state index in [9.17, 15) is 0 Å². The molecular formula is C27H23Cl3N4.